The van der Waals surface area contributed by atoms with E-state index < -0.39 is 0 Å². The third-order valence-electron chi connectivity index (χ3n) is 4.95. The largest absolute Gasteiger partial charge is 0.328 e. The van der Waals surface area contributed by atoms with Crippen molar-refractivity contribution < 1.29 is 0 Å². The number of hydrogen-bond donors (Lipinski definition) is 1. The second-order valence-electron chi connectivity index (χ2n) is 7.70. The van der Waals surface area contributed by atoms with Crippen LogP contribution in [0.25, 0.3) is 0 Å². The molecule has 1 aliphatic heterocycles. The van der Waals surface area contributed by atoms with Crippen molar-refractivity contribution in [2.45, 2.75) is 52.6 Å². The van der Waals surface area contributed by atoms with Crippen LogP contribution in [-0.4, -0.2) is 22.2 Å². The van der Waals surface area contributed by atoms with E-state index >= 15 is 0 Å². The fraction of sp³-hybridized carbons (Fsp3) is 0.611. The van der Waals surface area contributed by atoms with E-state index in [4.69, 9.17) is 12.2 Å². The standard InChI is InChI=1S/C18H27N3S/c1-5-20-16(22)21(15-9-7-6-8-10-15)19-18(20)12-14(2)11-17(3,4)13-18/h6-10,14,19H,5,11-13H2,1-4H3. The Labute approximate surface area is 139 Å². The molecule has 0 aromatic heterocycles. The molecule has 2 atom stereocenters. The minimum absolute atomic E-state index is 0.0388. The predicted octanol–water partition coefficient (Wildman–Crippen LogP) is 4.16. The molecule has 3 nitrogen and oxygen atoms in total. The molecule has 120 valence electrons. The Kier molecular flexibility index (Phi) is 3.94. The van der Waals surface area contributed by atoms with Gasteiger partial charge in [-0.3, -0.25) is 0 Å². The maximum absolute atomic E-state index is 5.80. The maximum Gasteiger partial charge on any atom is 0.192 e. The summed E-state index contributed by atoms with van der Waals surface area (Å²) in [4.78, 5) is 2.40. The summed E-state index contributed by atoms with van der Waals surface area (Å²) in [6.45, 7) is 10.3. The van der Waals surface area contributed by atoms with Crippen LogP contribution in [0.1, 0.15) is 47.0 Å². The Morgan fingerprint density at radius 3 is 2.50 bits per heavy atom. The topological polar surface area (TPSA) is 18.5 Å². The number of nitrogens with zero attached hydrogens (tertiary/aromatic N) is 2. The lowest BCUT2D eigenvalue weighted by Crippen LogP contribution is -2.58. The number of para-hydroxylation sites is 1. The van der Waals surface area contributed by atoms with Gasteiger partial charge >= 0.3 is 0 Å². The Bertz CT molecular complexity index is 557. The summed E-state index contributed by atoms with van der Waals surface area (Å²) in [7, 11) is 0. The average Bonchev–Trinajstić information content (AvgIpc) is 2.69. The van der Waals surface area contributed by atoms with Gasteiger partial charge in [-0.15, -0.1) is 0 Å². The minimum Gasteiger partial charge on any atom is -0.328 e. The van der Waals surface area contributed by atoms with Gasteiger partial charge in [0.2, 0.25) is 0 Å². The van der Waals surface area contributed by atoms with Crippen molar-refractivity contribution in [1.29, 1.82) is 0 Å². The van der Waals surface area contributed by atoms with E-state index in [-0.39, 0.29) is 5.66 Å². The third kappa shape index (κ3) is 2.63. The summed E-state index contributed by atoms with van der Waals surface area (Å²) in [6.07, 6.45) is 3.56. The molecule has 0 amide bonds. The van der Waals surface area contributed by atoms with E-state index in [9.17, 15) is 0 Å². The van der Waals surface area contributed by atoms with Gasteiger partial charge in [-0.2, -0.15) is 0 Å². The van der Waals surface area contributed by atoms with Crippen molar-refractivity contribution in [3.05, 3.63) is 30.3 Å². The average molecular weight is 318 g/mol. The third-order valence-corrected chi connectivity index (χ3v) is 5.35. The van der Waals surface area contributed by atoms with Crippen molar-refractivity contribution >= 4 is 23.0 Å². The first-order valence-electron chi connectivity index (χ1n) is 8.31. The summed E-state index contributed by atoms with van der Waals surface area (Å²) in [5.41, 5.74) is 5.20. The smallest absolute Gasteiger partial charge is 0.192 e. The molecular weight excluding hydrogens is 290 g/mol. The van der Waals surface area contributed by atoms with Gasteiger partial charge in [-0.05, 0) is 61.9 Å². The zero-order valence-electron chi connectivity index (χ0n) is 14.1. The van der Waals surface area contributed by atoms with Gasteiger partial charge < -0.3 is 4.90 Å². The number of nitrogens with one attached hydrogen (secondary N) is 1. The van der Waals surface area contributed by atoms with Gasteiger partial charge in [-0.1, -0.05) is 39.0 Å². The summed E-state index contributed by atoms with van der Waals surface area (Å²) >= 11 is 5.80. The zero-order chi connectivity index (χ0) is 16.0. The quantitative estimate of drug-likeness (QED) is 0.825. The number of thiocarbonyl (C=S) groups is 1. The van der Waals surface area contributed by atoms with Crippen LogP contribution in [0.4, 0.5) is 5.69 Å². The van der Waals surface area contributed by atoms with Crippen LogP contribution in [0.3, 0.4) is 0 Å². The molecule has 2 aliphatic rings. The summed E-state index contributed by atoms with van der Waals surface area (Å²) < 4.78 is 0. The van der Waals surface area contributed by atoms with Gasteiger partial charge in [0.15, 0.2) is 5.11 Å². The number of benzene rings is 1. The lowest BCUT2D eigenvalue weighted by molar-refractivity contribution is 0.0183. The van der Waals surface area contributed by atoms with E-state index in [0.29, 0.717) is 11.3 Å². The zero-order valence-corrected chi connectivity index (χ0v) is 14.9. The van der Waals surface area contributed by atoms with E-state index in [2.05, 4.69) is 67.3 Å². The lowest BCUT2D eigenvalue weighted by Gasteiger charge is -2.49. The molecule has 1 saturated carbocycles. The fourth-order valence-corrected chi connectivity index (χ4v) is 5.08. The van der Waals surface area contributed by atoms with Gasteiger partial charge in [0, 0.05) is 6.54 Å². The summed E-state index contributed by atoms with van der Waals surface area (Å²) in [5.74, 6) is 0.698. The highest BCUT2D eigenvalue weighted by Crippen LogP contribution is 2.47. The van der Waals surface area contributed by atoms with Gasteiger partial charge in [0.1, 0.15) is 5.66 Å². The van der Waals surface area contributed by atoms with Crippen LogP contribution < -0.4 is 10.4 Å². The molecule has 3 rings (SSSR count). The van der Waals surface area contributed by atoms with Crippen LogP contribution >= 0.6 is 12.2 Å². The van der Waals surface area contributed by atoms with Crippen molar-refractivity contribution in [3.63, 3.8) is 0 Å². The molecule has 1 aromatic carbocycles. The molecule has 1 saturated heterocycles. The molecule has 1 aromatic rings. The van der Waals surface area contributed by atoms with Crippen molar-refractivity contribution in [2.75, 3.05) is 11.6 Å². The van der Waals surface area contributed by atoms with E-state index in [0.717, 1.165) is 30.2 Å². The molecule has 1 aliphatic carbocycles. The number of hydrogen-bond acceptors (Lipinski definition) is 2. The Morgan fingerprint density at radius 1 is 1.23 bits per heavy atom. The van der Waals surface area contributed by atoms with Crippen LogP contribution in [0.15, 0.2) is 30.3 Å². The fourth-order valence-electron chi connectivity index (χ4n) is 4.63. The molecule has 1 N–H and O–H groups in total. The maximum atomic E-state index is 5.80. The Morgan fingerprint density at radius 2 is 1.91 bits per heavy atom. The Balaban J connectivity index is 1.96. The van der Waals surface area contributed by atoms with E-state index in [1.165, 1.54) is 6.42 Å². The highest BCUT2D eigenvalue weighted by atomic mass is 32.1. The minimum atomic E-state index is -0.0388. The first-order valence-corrected chi connectivity index (χ1v) is 8.72. The molecule has 2 fully saturated rings. The second kappa shape index (κ2) is 5.50. The summed E-state index contributed by atoms with van der Waals surface area (Å²) in [6, 6.07) is 10.4. The monoisotopic (exact) mass is 317 g/mol. The highest BCUT2D eigenvalue weighted by molar-refractivity contribution is 7.80. The highest BCUT2D eigenvalue weighted by Gasteiger charge is 2.52. The normalized spacial score (nSPS) is 31.1. The molecule has 1 heterocycles. The second-order valence-corrected chi connectivity index (χ2v) is 8.06. The molecule has 1 spiro atoms. The number of hydrazine groups is 1. The van der Waals surface area contributed by atoms with Crippen LogP contribution in [0.2, 0.25) is 0 Å². The van der Waals surface area contributed by atoms with E-state index in [1.807, 2.05) is 6.07 Å². The molecule has 22 heavy (non-hydrogen) atoms. The van der Waals surface area contributed by atoms with Crippen LogP contribution in [-0.2, 0) is 0 Å². The molecular formula is C18H27N3S. The van der Waals surface area contributed by atoms with Gasteiger partial charge in [-0.25, -0.2) is 10.4 Å². The molecule has 0 bridgehead atoms. The Hall–Kier alpha value is -1.13. The summed E-state index contributed by atoms with van der Waals surface area (Å²) in [5, 5.41) is 3.01. The number of rotatable bonds is 2. The van der Waals surface area contributed by atoms with Crippen LogP contribution in [0, 0.1) is 11.3 Å². The molecule has 0 radical (unpaired) electrons. The molecule has 4 heteroatoms. The van der Waals surface area contributed by atoms with Crippen molar-refractivity contribution in [2.24, 2.45) is 11.3 Å². The predicted molar refractivity (Wildman–Crippen MR) is 96.6 cm³/mol. The van der Waals surface area contributed by atoms with Gasteiger partial charge in [0.05, 0.1) is 5.69 Å². The number of anilines is 1. The van der Waals surface area contributed by atoms with Crippen molar-refractivity contribution in [1.82, 2.24) is 10.3 Å². The SMILES string of the molecule is CCN1C(=S)N(c2ccccc2)NC12CC(C)CC(C)(C)C2. The first kappa shape index (κ1) is 15.8. The van der Waals surface area contributed by atoms with Crippen molar-refractivity contribution in [3.8, 4) is 0 Å². The first-order chi connectivity index (χ1) is 10.4. The lowest BCUT2D eigenvalue weighted by atomic mass is 9.67. The molecule has 2 unspecified atom stereocenters. The van der Waals surface area contributed by atoms with Crippen LogP contribution in [0.5, 0.6) is 0 Å². The van der Waals surface area contributed by atoms with E-state index in [1.54, 1.807) is 0 Å². The van der Waals surface area contributed by atoms with Gasteiger partial charge in [0.25, 0.3) is 0 Å².